The van der Waals surface area contributed by atoms with Gasteiger partial charge in [-0.3, -0.25) is 9.59 Å². The molecule has 3 heterocycles. The van der Waals surface area contributed by atoms with Crippen LogP contribution in [0.3, 0.4) is 0 Å². The van der Waals surface area contributed by atoms with Gasteiger partial charge in [0.2, 0.25) is 11.9 Å². The molecule has 0 bridgehead atoms. The predicted octanol–water partition coefficient (Wildman–Crippen LogP) is 0.000200. The van der Waals surface area contributed by atoms with Crippen LogP contribution in [0.1, 0.15) is 35.9 Å². The average molecular weight is 289 g/mol. The molecule has 7 heteroatoms. The Morgan fingerprint density at radius 3 is 2.86 bits per heavy atom. The molecule has 0 aliphatic carbocycles. The van der Waals surface area contributed by atoms with Gasteiger partial charge in [-0.15, -0.1) is 0 Å². The number of nitrogen functional groups attached to an aromatic ring is 1. The summed E-state index contributed by atoms with van der Waals surface area (Å²) in [6.45, 7) is 5.66. The van der Waals surface area contributed by atoms with E-state index < -0.39 is 0 Å². The van der Waals surface area contributed by atoms with Crippen LogP contribution in [-0.2, 0) is 4.79 Å². The highest BCUT2D eigenvalue weighted by atomic mass is 16.2. The van der Waals surface area contributed by atoms with Gasteiger partial charge in [-0.1, -0.05) is 13.8 Å². The number of nitrogens with zero attached hydrogens (tertiary/aromatic N) is 3. The van der Waals surface area contributed by atoms with Gasteiger partial charge >= 0.3 is 0 Å². The van der Waals surface area contributed by atoms with Crippen LogP contribution < -0.4 is 11.1 Å². The first-order valence-electron chi connectivity index (χ1n) is 7.17. The third-order valence-electron chi connectivity index (χ3n) is 4.18. The quantitative estimate of drug-likeness (QED) is 0.798. The summed E-state index contributed by atoms with van der Waals surface area (Å²) in [6, 6.07) is 1.69. The molecule has 2 aliphatic heterocycles. The van der Waals surface area contributed by atoms with Crippen LogP contribution in [0.5, 0.6) is 0 Å². The highest BCUT2D eigenvalue weighted by molar-refractivity contribution is 5.94. The minimum atomic E-state index is -0.173. The third-order valence-corrected chi connectivity index (χ3v) is 4.18. The van der Waals surface area contributed by atoms with Gasteiger partial charge in [0.1, 0.15) is 5.69 Å². The van der Waals surface area contributed by atoms with Crippen LogP contribution in [0.15, 0.2) is 6.07 Å². The van der Waals surface area contributed by atoms with E-state index in [4.69, 9.17) is 5.73 Å². The fourth-order valence-corrected chi connectivity index (χ4v) is 2.96. The SMILES string of the molecule is CC(C)c1cc(C(=O)N2C[C@@H]3CNC(=O)[C@@H]3C2)nc(N)n1. The standard InChI is InChI=1S/C14H19N5O2/c1-7(2)10-3-11(18-14(15)17-10)13(21)19-5-8-4-16-12(20)9(8)6-19/h3,7-9H,4-6H2,1-2H3,(H,16,20)(H2,15,17,18)/t8-,9+/m0/s1. The lowest BCUT2D eigenvalue weighted by molar-refractivity contribution is -0.122. The Balaban J connectivity index is 1.82. The molecule has 2 fully saturated rings. The molecule has 7 nitrogen and oxygen atoms in total. The van der Waals surface area contributed by atoms with E-state index in [9.17, 15) is 9.59 Å². The summed E-state index contributed by atoms with van der Waals surface area (Å²) < 4.78 is 0. The molecule has 2 aliphatic rings. The summed E-state index contributed by atoms with van der Waals surface area (Å²) in [5, 5.41) is 2.83. The fraction of sp³-hybridized carbons (Fsp3) is 0.571. The van der Waals surface area contributed by atoms with Crippen LogP contribution in [0.4, 0.5) is 5.95 Å². The largest absolute Gasteiger partial charge is 0.368 e. The first-order valence-corrected chi connectivity index (χ1v) is 7.17. The Labute approximate surface area is 122 Å². The maximum Gasteiger partial charge on any atom is 0.272 e. The zero-order valence-corrected chi connectivity index (χ0v) is 12.2. The zero-order chi connectivity index (χ0) is 15.1. The first kappa shape index (κ1) is 13.8. The first-order chi connectivity index (χ1) is 9.95. The highest BCUT2D eigenvalue weighted by Gasteiger charge is 2.43. The molecule has 0 aromatic carbocycles. The number of hydrogen-bond donors (Lipinski definition) is 2. The predicted molar refractivity (Wildman–Crippen MR) is 76.4 cm³/mol. The smallest absolute Gasteiger partial charge is 0.272 e. The Bertz CT molecular complexity index is 601. The van der Waals surface area contributed by atoms with Gasteiger partial charge in [-0.2, -0.15) is 0 Å². The van der Waals surface area contributed by atoms with E-state index in [2.05, 4.69) is 15.3 Å². The fourth-order valence-electron chi connectivity index (χ4n) is 2.96. The maximum absolute atomic E-state index is 12.6. The summed E-state index contributed by atoms with van der Waals surface area (Å²) in [7, 11) is 0. The van der Waals surface area contributed by atoms with Crippen LogP contribution in [0.2, 0.25) is 0 Å². The van der Waals surface area contributed by atoms with Crippen LogP contribution in [-0.4, -0.2) is 46.3 Å². The van der Waals surface area contributed by atoms with Crippen molar-refractivity contribution in [2.75, 3.05) is 25.4 Å². The van der Waals surface area contributed by atoms with E-state index in [1.54, 1.807) is 11.0 Å². The number of carbonyl (C=O) groups excluding carboxylic acids is 2. The number of nitrogens with one attached hydrogen (secondary N) is 1. The second kappa shape index (κ2) is 4.98. The number of fused-ring (bicyclic) bond motifs is 1. The Morgan fingerprint density at radius 2 is 2.19 bits per heavy atom. The molecule has 2 amide bonds. The van der Waals surface area contributed by atoms with Crippen LogP contribution in [0, 0.1) is 11.8 Å². The number of nitrogens with two attached hydrogens (primary N) is 1. The number of hydrogen-bond acceptors (Lipinski definition) is 5. The van der Waals surface area contributed by atoms with Crippen LogP contribution in [0.25, 0.3) is 0 Å². The molecule has 2 saturated heterocycles. The summed E-state index contributed by atoms with van der Waals surface area (Å²) in [5.74, 6) is 0.281. The molecule has 2 atom stereocenters. The monoisotopic (exact) mass is 289 g/mol. The van der Waals surface area contributed by atoms with Crippen molar-refractivity contribution in [3.63, 3.8) is 0 Å². The van der Waals surface area contributed by atoms with Gasteiger partial charge in [-0.05, 0) is 12.0 Å². The molecular weight excluding hydrogens is 270 g/mol. The van der Waals surface area contributed by atoms with Crippen molar-refractivity contribution >= 4 is 17.8 Å². The third kappa shape index (κ3) is 2.43. The van der Waals surface area contributed by atoms with Gasteiger partial charge in [0.25, 0.3) is 5.91 Å². The van der Waals surface area contributed by atoms with Gasteiger partial charge < -0.3 is 16.0 Å². The number of rotatable bonds is 2. The van der Waals surface area contributed by atoms with Crippen molar-refractivity contribution in [2.45, 2.75) is 19.8 Å². The number of carbonyl (C=O) groups is 2. The zero-order valence-electron chi connectivity index (χ0n) is 12.2. The number of anilines is 1. The van der Waals surface area contributed by atoms with Crippen LogP contribution >= 0.6 is 0 Å². The lowest BCUT2D eigenvalue weighted by Crippen LogP contribution is -2.34. The molecule has 0 spiro atoms. The van der Waals surface area contributed by atoms with E-state index in [0.717, 1.165) is 5.69 Å². The van der Waals surface area contributed by atoms with Crippen molar-refractivity contribution in [3.05, 3.63) is 17.5 Å². The van der Waals surface area contributed by atoms with Gasteiger partial charge in [0.15, 0.2) is 0 Å². The average Bonchev–Trinajstić information content (AvgIpc) is 3.00. The van der Waals surface area contributed by atoms with E-state index in [-0.39, 0.29) is 35.5 Å². The van der Waals surface area contributed by atoms with Crippen molar-refractivity contribution < 1.29 is 9.59 Å². The van der Waals surface area contributed by atoms with Gasteiger partial charge in [-0.25, -0.2) is 9.97 Å². The van der Waals surface area contributed by atoms with E-state index in [1.165, 1.54) is 0 Å². The van der Waals surface area contributed by atoms with Gasteiger partial charge in [0.05, 0.1) is 5.92 Å². The highest BCUT2D eigenvalue weighted by Crippen LogP contribution is 2.28. The molecule has 1 aromatic rings. The molecule has 112 valence electrons. The second-order valence-corrected chi connectivity index (χ2v) is 6.01. The molecular formula is C14H19N5O2. The van der Waals surface area contributed by atoms with Crippen molar-refractivity contribution in [2.24, 2.45) is 11.8 Å². The summed E-state index contributed by atoms with van der Waals surface area (Å²) in [6.07, 6.45) is 0. The molecule has 3 rings (SSSR count). The molecule has 0 radical (unpaired) electrons. The molecule has 0 saturated carbocycles. The van der Waals surface area contributed by atoms with Crippen molar-refractivity contribution in [1.29, 1.82) is 0 Å². The molecule has 1 aromatic heterocycles. The summed E-state index contributed by atoms with van der Waals surface area (Å²) in [4.78, 5) is 34.1. The topological polar surface area (TPSA) is 101 Å². The molecule has 21 heavy (non-hydrogen) atoms. The lowest BCUT2D eigenvalue weighted by Gasteiger charge is -2.17. The van der Waals surface area contributed by atoms with E-state index >= 15 is 0 Å². The molecule has 0 unspecified atom stereocenters. The molecule has 3 N–H and O–H groups in total. The normalized spacial score (nSPS) is 24.3. The number of aromatic nitrogens is 2. The van der Waals surface area contributed by atoms with Crippen molar-refractivity contribution in [3.8, 4) is 0 Å². The number of amides is 2. The minimum absolute atomic E-state index is 0.0420. The van der Waals surface area contributed by atoms with Crippen molar-refractivity contribution in [1.82, 2.24) is 20.2 Å². The number of likely N-dealkylation sites (tertiary alicyclic amines) is 1. The Kier molecular flexibility index (Phi) is 3.27. The van der Waals surface area contributed by atoms with E-state index in [1.807, 2.05) is 13.8 Å². The summed E-state index contributed by atoms with van der Waals surface area (Å²) >= 11 is 0. The lowest BCUT2D eigenvalue weighted by atomic mass is 10.0. The van der Waals surface area contributed by atoms with Gasteiger partial charge in [0, 0.05) is 31.2 Å². The summed E-state index contributed by atoms with van der Waals surface area (Å²) in [5.41, 5.74) is 6.76. The maximum atomic E-state index is 12.6. The Hall–Kier alpha value is -2.18. The Morgan fingerprint density at radius 1 is 1.43 bits per heavy atom. The second-order valence-electron chi connectivity index (χ2n) is 6.01. The minimum Gasteiger partial charge on any atom is -0.368 e. The van der Waals surface area contributed by atoms with E-state index in [0.29, 0.717) is 25.3 Å².